The van der Waals surface area contributed by atoms with Gasteiger partial charge in [-0.05, 0) is 48.7 Å². The second kappa shape index (κ2) is 9.83. The van der Waals surface area contributed by atoms with Gasteiger partial charge in [0.25, 0.3) is 0 Å². The van der Waals surface area contributed by atoms with Gasteiger partial charge < -0.3 is 18.9 Å². The predicted octanol–water partition coefficient (Wildman–Crippen LogP) is 4.87. The van der Waals surface area contributed by atoms with Crippen molar-refractivity contribution in [1.82, 2.24) is 0 Å². The number of hydrogen-bond donors (Lipinski definition) is 0. The monoisotopic (exact) mass is 398 g/mol. The van der Waals surface area contributed by atoms with Crippen LogP contribution < -0.4 is 18.9 Å². The molecule has 1 atom stereocenters. The minimum Gasteiger partial charge on any atom is -0.457 e. The SMILES string of the molecule is C#COc1ccc(OCOc2ccc3c(c2F)OC(=O)C(CCCCC)C3)cc1. The maximum absolute atomic E-state index is 14.7. The summed E-state index contributed by atoms with van der Waals surface area (Å²) in [7, 11) is 0. The van der Waals surface area contributed by atoms with E-state index in [1.807, 2.05) is 0 Å². The third kappa shape index (κ3) is 5.20. The first-order valence-corrected chi connectivity index (χ1v) is 9.63. The van der Waals surface area contributed by atoms with Gasteiger partial charge >= 0.3 is 5.97 Å². The van der Waals surface area contributed by atoms with E-state index in [2.05, 4.69) is 13.0 Å². The highest BCUT2D eigenvalue weighted by Crippen LogP contribution is 2.37. The molecule has 2 aromatic carbocycles. The van der Waals surface area contributed by atoms with E-state index < -0.39 is 5.82 Å². The quantitative estimate of drug-likeness (QED) is 0.198. The van der Waals surface area contributed by atoms with Crippen molar-refractivity contribution in [3.05, 3.63) is 47.8 Å². The van der Waals surface area contributed by atoms with Crippen LogP contribution in [0.4, 0.5) is 4.39 Å². The summed E-state index contributed by atoms with van der Waals surface area (Å²) >= 11 is 0. The lowest BCUT2D eigenvalue weighted by atomic mass is 9.91. The molecule has 0 radical (unpaired) electrons. The molecule has 1 aliphatic rings. The summed E-state index contributed by atoms with van der Waals surface area (Å²) in [5.41, 5.74) is 0.681. The maximum atomic E-state index is 14.7. The molecule has 1 aliphatic heterocycles. The van der Waals surface area contributed by atoms with E-state index in [9.17, 15) is 9.18 Å². The van der Waals surface area contributed by atoms with Gasteiger partial charge in [0, 0.05) is 0 Å². The number of terminal acetylenes is 1. The van der Waals surface area contributed by atoms with Crippen molar-refractivity contribution >= 4 is 5.97 Å². The van der Waals surface area contributed by atoms with Gasteiger partial charge in [-0.15, -0.1) is 0 Å². The number of carbonyl (C=O) groups excluding carboxylic acids is 1. The lowest BCUT2D eigenvalue weighted by Crippen LogP contribution is -2.28. The number of carbonyl (C=O) groups is 1. The minimum absolute atomic E-state index is 0.0340. The van der Waals surface area contributed by atoms with E-state index in [1.165, 1.54) is 6.07 Å². The fourth-order valence-corrected chi connectivity index (χ4v) is 3.19. The molecule has 0 amide bonds. The number of rotatable bonds is 9. The van der Waals surface area contributed by atoms with Crippen LogP contribution in [0.3, 0.4) is 0 Å². The Morgan fingerprint density at radius 1 is 1.14 bits per heavy atom. The van der Waals surface area contributed by atoms with E-state index in [1.54, 1.807) is 30.3 Å². The molecule has 1 heterocycles. The normalized spacial score (nSPS) is 15.1. The Labute approximate surface area is 169 Å². The molecular weight excluding hydrogens is 375 g/mol. The van der Waals surface area contributed by atoms with E-state index in [4.69, 9.17) is 25.4 Å². The van der Waals surface area contributed by atoms with E-state index in [-0.39, 0.29) is 30.2 Å². The number of hydrogen-bond acceptors (Lipinski definition) is 5. The van der Waals surface area contributed by atoms with Crippen molar-refractivity contribution in [1.29, 1.82) is 0 Å². The predicted molar refractivity (Wildman–Crippen MR) is 105 cm³/mol. The first kappa shape index (κ1) is 20.5. The van der Waals surface area contributed by atoms with Crippen LogP contribution in [0.1, 0.15) is 38.2 Å². The van der Waals surface area contributed by atoms with E-state index >= 15 is 0 Å². The van der Waals surface area contributed by atoms with Crippen molar-refractivity contribution in [3.63, 3.8) is 0 Å². The zero-order chi connectivity index (χ0) is 20.6. The Balaban J connectivity index is 1.59. The third-order valence-corrected chi connectivity index (χ3v) is 4.74. The molecule has 0 aliphatic carbocycles. The number of halogens is 1. The Morgan fingerprint density at radius 3 is 2.62 bits per heavy atom. The fraction of sp³-hybridized carbons (Fsp3) is 0.348. The van der Waals surface area contributed by atoms with Gasteiger partial charge in [-0.1, -0.05) is 38.7 Å². The second-order valence-corrected chi connectivity index (χ2v) is 6.78. The van der Waals surface area contributed by atoms with E-state index in [0.29, 0.717) is 23.5 Å². The van der Waals surface area contributed by atoms with Gasteiger partial charge in [0.2, 0.25) is 12.6 Å². The Kier molecular flexibility index (Phi) is 6.96. The molecule has 5 nitrogen and oxygen atoms in total. The first-order valence-electron chi connectivity index (χ1n) is 9.63. The molecule has 29 heavy (non-hydrogen) atoms. The molecule has 0 spiro atoms. The highest BCUT2D eigenvalue weighted by atomic mass is 19.1. The first-order chi connectivity index (χ1) is 14.1. The van der Waals surface area contributed by atoms with Crippen molar-refractivity contribution in [3.8, 4) is 35.5 Å². The van der Waals surface area contributed by atoms with Crippen LogP contribution in [0.2, 0.25) is 0 Å². The van der Waals surface area contributed by atoms with Crippen molar-refractivity contribution in [2.45, 2.75) is 39.0 Å². The summed E-state index contributed by atoms with van der Waals surface area (Å²) in [6.07, 6.45) is 11.5. The summed E-state index contributed by atoms with van der Waals surface area (Å²) in [5, 5.41) is 0. The largest absolute Gasteiger partial charge is 0.457 e. The van der Waals surface area contributed by atoms with Gasteiger partial charge in [-0.25, -0.2) is 0 Å². The van der Waals surface area contributed by atoms with Crippen LogP contribution in [-0.2, 0) is 11.2 Å². The van der Waals surface area contributed by atoms with Gasteiger partial charge in [-0.2, -0.15) is 4.39 Å². The smallest absolute Gasteiger partial charge is 0.314 e. The molecule has 0 bridgehead atoms. The molecule has 0 fully saturated rings. The number of benzene rings is 2. The topological polar surface area (TPSA) is 54.0 Å². The van der Waals surface area contributed by atoms with Crippen molar-refractivity contribution < 1.29 is 28.1 Å². The summed E-state index contributed by atoms with van der Waals surface area (Å²) < 4.78 is 35.7. The number of unbranched alkanes of at least 4 members (excludes halogenated alkanes) is 2. The minimum atomic E-state index is -0.691. The Morgan fingerprint density at radius 2 is 1.90 bits per heavy atom. The molecular formula is C23H23FO5. The van der Waals surface area contributed by atoms with Gasteiger partial charge in [-0.3, -0.25) is 4.79 Å². The lowest BCUT2D eigenvalue weighted by molar-refractivity contribution is -0.140. The average Bonchev–Trinajstić information content (AvgIpc) is 2.72. The van der Waals surface area contributed by atoms with Crippen LogP contribution in [0.25, 0.3) is 0 Å². The molecule has 0 N–H and O–H groups in total. The van der Waals surface area contributed by atoms with E-state index in [0.717, 1.165) is 25.7 Å². The average molecular weight is 398 g/mol. The molecule has 0 saturated carbocycles. The highest BCUT2D eigenvalue weighted by molar-refractivity contribution is 5.78. The fourth-order valence-electron chi connectivity index (χ4n) is 3.19. The molecule has 1 unspecified atom stereocenters. The standard InChI is InChI=1S/C23H23FO5/c1-3-5-6-7-17-14-16-8-13-20(21(24)22(16)29-23(17)25)28-15-27-19-11-9-18(10-12-19)26-4-2/h2,8-13,17H,3,5-7,14-15H2,1H3. The second-order valence-electron chi connectivity index (χ2n) is 6.78. The van der Waals surface area contributed by atoms with Crippen molar-refractivity contribution in [2.24, 2.45) is 5.92 Å². The zero-order valence-corrected chi connectivity index (χ0v) is 16.3. The summed E-state index contributed by atoms with van der Waals surface area (Å²) in [6, 6.07) is 9.86. The van der Waals surface area contributed by atoms with Crippen LogP contribution >= 0.6 is 0 Å². The van der Waals surface area contributed by atoms with Crippen LogP contribution in [0.15, 0.2) is 36.4 Å². The number of esters is 1. The molecule has 2 aromatic rings. The van der Waals surface area contributed by atoms with Crippen molar-refractivity contribution in [2.75, 3.05) is 6.79 Å². The molecule has 0 saturated heterocycles. The molecule has 0 aromatic heterocycles. The van der Waals surface area contributed by atoms with Crippen LogP contribution in [0.5, 0.6) is 23.0 Å². The third-order valence-electron chi connectivity index (χ3n) is 4.74. The van der Waals surface area contributed by atoms with Crippen LogP contribution in [-0.4, -0.2) is 12.8 Å². The van der Waals surface area contributed by atoms with Gasteiger partial charge in [0.1, 0.15) is 17.6 Å². The maximum Gasteiger partial charge on any atom is 0.314 e. The molecule has 6 heteroatoms. The summed E-state index contributed by atoms with van der Waals surface area (Å²) in [6.45, 7) is 1.90. The number of fused-ring (bicyclic) bond motifs is 1. The number of ether oxygens (including phenoxy) is 4. The summed E-state index contributed by atoms with van der Waals surface area (Å²) in [5.74, 6) is -0.349. The van der Waals surface area contributed by atoms with Gasteiger partial charge in [0.15, 0.2) is 11.5 Å². The van der Waals surface area contributed by atoms with Crippen LogP contribution in [0, 0.1) is 24.3 Å². The van der Waals surface area contributed by atoms with Gasteiger partial charge in [0.05, 0.1) is 5.92 Å². The zero-order valence-electron chi connectivity index (χ0n) is 16.3. The molecule has 3 rings (SSSR count). The Hall–Kier alpha value is -3.20. The highest BCUT2D eigenvalue weighted by Gasteiger charge is 2.31. The molecule has 152 valence electrons. The lowest BCUT2D eigenvalue weighted by Gasteiger charge is -2.24. The Bertz CT molecular complexity index is 885. The summed E-state index contributed by atoms with van der Waals surface area (Å²) in [4.78, 5) is 12.2.